The van der Waals surface area contributed by atoms with Crippen molar-refractivity contribution in [2.24, 2.45) is 0 Å². The lowest BCUT2D eigenvalue weighted by atomic mass is 10.3. The van der Waals surface area contributed by atoms with Gasteiger partial charge in [0.15, 0.2) is 0 Å². The van der Waals surface area contributed by atoms with E-state index in [4.69, 9.17) is 5.11 Å². The zero-order valence-electron chi connectivity index (χ0n) is 9.89. The number of nitrogens with one attached hydrogen (secondary N) is 2. The molecule has 7 nitrogen and oxygen atoms in total. The summed E-state index contributed by atoms with van der Waals surface area (Å²) in [6, 6.07) is -0.902. The molecule has 0 saturated heterocycles. The first kappa shape index (κ1) is 15.9. The Morgan fingerprint density at radius 2 is 1.94 bits per heavy atom. The molecule has 0 spiro atoms. The van der Waals surface area contributed by atoms with Crippen LogP contribution in [-0.2, 0) is 19.6 Å². The van der Waals surface area contributed by atoms with Gasteiger partial charge in [0.05, 0.1) is 18.2 Å². The first-order valence-corrected chi connectivity index (χ1v) is 6.93. The summed E-state index contributed by atoms with van der Waals surface area (Å²) in [4.78, 5) is 21.6. The number of hydrogen-bond acceptors (Lipinski definition) is 4. The maximum absolute atomic E-state index is 11.4. The minimum atomic E-state index is -3.44. The number of hydrogen-bond donors (Lipinski definition) is 3. The molecule has 0 aliphatic heterocycles. The Balaban J connectivity index is 4.10. The highest BCUT2D eigenvalue weighted by Crippen LogP contribution is 1.92. The second-order valence-electron chi connectivity index (χ2n) is 3.59. The smallest absolute Gasteiger partial charge is 0.305 e. The van der Waals surface area contributed by atoms with Crippen molar-refractivity contribution in [3.05, 3.63) is 0 Å². The molecule has 1 atom stereocenters. The van der Waals surface area contributed by atoms with E-state index in [1.807, 2.05) is 0 Å². The molecular formula is C9H18N2O5S. The van der Waals surface area contributed by atoms with E-state index in [-0.39, 0.29) is 18.7 Å². The Bertz CT molecular complexity index is 366. The summed E-state index contributed by atoms with van der Waals surface area (Å²) in [5.41, 5.74) is 0. The van der Waals surface area contributed by atoms with Crippen LogP contribution in [0.3, 0.4) is 0 Å². The van der Waals surface area contributed by atoms with E-state index in [9.17, 15) is 18.0 Å². The maximum Gasteiger partial charge on any atom is 0.305 e. The minimum Gasteiger partial charge on any atom is -0.481 e. The molecule has 1 unspecified atom stereocenters. The fraction of sp³-hybridized carbons (Fsp3) is 0.778. The molecule has 0 saturated carbocycles. The van der Waals surface area contributed by atoms with E-state index < -0.39 is 27.9 Å². The lowest BCUT2D eigenvalue weighted by molar-refractivity contribution is -0.136. The van der Waals surface area contributed by atoms with E-state index >= 15 is 0 Å². The lowest BCUT2D eigenvalue weighted by Gasteiger charge is -2.13. The van der Waals surface area contributed by atoms with Gasteiger partial charge in [-0.25, -0.2) is 13.1 Å². The van der Waals surface area contributed by atoms with Crippen LogP contribution in [-0.4, -0.2) is 43.7 Å². The summed E-state index contributed by atoms with van der Waals surface area (Å²) >= 11 is 0. The highest BCUT2D eigenvalue weighted by molar-refractivity contribution is 7.89. The van der Waals surface area contributed by atoms with Gasteiger partial charge in [0.25, 0.3) is 0 Å². The van der Waals surface area contributed by atoms with E-state index in [1.54, 1.807) is 6.92 Å². The van der Waals surface area contributed by atoms with Crippen LogP contribution in [0, 0.1) is 0 Å². The average Bonchev–Trinajstić information content (AvgIpc) is 2.15. The first-order chi connectivity index (χ1) is 7.78. The Morgan fingerprint density at radius 3 is 2.41 bits per heavy atom. The van der Waals surface area contributed by atoms with Gasteiger partial charge >= 0.3 is 5.97 Å². The van der Waals surface area contributed by atoms with Crippen molar-refractivity contribution in [1.82, 2.24) is 10.0 Å². The third kappa shape index (κ3) is 7.70. The molecule has 0 aliphatic rings. The van der Waals surface area contributed by atoms with Gasteiger partial charge < -0.3 is 10.4 Å². The maximum atomic E-state index is 11.4. The van der Waals surface area contributed by atoms with Crippen LogP contribution in [0.1, 0.15) is 26.7 Å². The van der Waals surface area contributed by atoms with Gasteiger partial charge in [0.1, 0.15) is 0 Å². The van der Waals surface area contributed by atoms with E-state index in [0.29, 0.717) is 6.42 Å². The molecule has 0 heterocycles. The summed E-state index contributed by atoms with van der Waals surface area (Å²) in [6.45, 7) is 3.11. The number of sulfonamides is 1. The zero-order chi connectivity index (χ0) is 13.5. The van der Waals surface area contributed by atoms with Crippen molar-refractivity contribution in [2.75, 3.05) is 12.3 Å². The Kier molecular flexibility index (Phi) is 6.74. The van der Waals surface area contributed by atoms with Gasteiger partial charge in [-0.15, -0.1) is 0 Å². The van der Waals surface area contributed by atoms with Crippen molar-refractivity contribution in [1.29, 1.82) is 0 Å². The molecule has 17 heavy (non-hydrogen) atoms. The predicted molar refractivity (Wildman–Crippen MR) is 61.9 cm³/mol. The van der Waals surface area contributed by atoms with Gasteiger partial charge in [-0.1, -0.05) is 6.92 Å². The number of rotatable bonds is 8. The molecule has 0 aromatic heterocycles. The predicted octanol–water partition coefficient (Wildman–Crippen LogP) is -0.705. The van der Waals surface area contributed by atoms with E-state index in [2.05, 4.69) is 10.0 Å². The van der Waals surface area contributed by atoms with Crippen LogP contribution in [0.2, 0.25) is 0 Å². The highest BCUT2D eigenvalue weighted by atomic mass is 32.2. The normalized spacial score (nSPS) is 13.1. The number of carboxylic acid groups (broad SMARTS) is 1. The number of amides is 1. The highest BCUT2D eigenvalue weighted by Gasteiger charge is 2.19. The summed E-state index contributed by atoms with van der Waals surface area (Å²) in [5, 5.41) is 10.7. The van der Waals surface area contributed by atoms with Crippen LogP contribution in [0.4, 0.5) is 0 Å². The summed E-state index contributed by atoms with van der Waals surface area (Å²) < 4.78 is 24.9. The molecule has 3 N–H and O–H groups in total. The summed E-state index contributed by atoms with van der Waals surface area (Å²) in [5.74, 6) is -1.60. The number of aliphatic carboxylic acids is 1. The van der Waals surface area contributed by atoms with Crippen molar-refractivity contribution in [3.63, 3.8) is 0 Å². The second-order valence-corrected chi connectivity index (χ2v) is 5.47. The van der Waals surface area contributed by atoms with Crippen LogP contribution in [0.5, 0.6) is 0 Å². The van der Waals surface area contributed by atoms with Gasteiger partial charge in [-0.3, -0.25) is 9.59 Å². The molecule has 8 heteroatoms. The molecule has 0 aromatic rings. The molecule has 0 bridgehead atoms. The van der Waals surface area contributed by atoms with Crippen LogP contribution in [0.25, 0.3) is 0 Å². The Morgan fingerprint density at radius 1 is 1.35 bits per heavy atom. The van der Waals surface area contributed by atoms with Crippen molar-refractivity contribution in [2.45, 2.75) is 32.7 Å². The summed E-state index contributed by atoms with van der Waals surface area (Å²) in [6.07, 6.45) is 0.267. The molecule has 0 aliphatic carbocycles. The molecule has 100 valence electrons. The van der Waals surface area contributed by atoms with Crippen molar-refractivity contribution >= 4 is 21.9 Å². The zero-order valence-corrected chi connectivity index (χ0v) is 10.7. The fourth-order valence-electron chi connectivity index (χ4n) is 1.10. The fourth-order valence-corrected chi connectivity index (χ4v) is 2.40. The minimum absolute atomic E-state index is 0.0198. The Hall–Kier alpha value is -1.15. The van der Waals surface area contributed by atoms with Gasteiger partial charge in [0.2, 0.25) is 15.9 Å². The Labute approximate surface area is 101 Å². The third-order valence-electron chi connectivity index (χ3n) is 1.86. The monoisotopic (exact) mass is 266 g/mol. The van der Waals surface area contributed by atoms with Crippen LogP contribution < -0.4 is 10.0 Å². The van der Waals surface area contributed by atoms with Crippen LogP contribution >= 0.6 is 0 Å². The van der Waals surface area contributed by atoms with Gasteiger partial charge in [-0.05, 0) is 13.3 Å². The first-order valence-electron chi connectivity index (χ1n) is 5.28. The van der Waals surface area contributed by atoms with Crippen molar-refractivity contribution < 1.29 is 23.1 Å². The molecule has 0 fully saturated rings. The lowest BCUT2D eigenvalue weighted by Crippen LogP contribution is -2.45. The molecular weight excluding hydrogens is 248 g/mol. The van der Waals surface area contributed by atoms with Crippen molar-refractivity contribution in [3.8, 4) is 0 Å². The summed E-state index contributed by atoms with van der Waals surface area (Å²) in [7, 11) is -3.44. The second kappa shape index (κ2) is 7.23. The quantitative estimate of drug-likeness (QED) is 0.537. The third-order valence-corrected chi connectivity index (χ3v) is 3.52. The van der Waals surface area contributed by atoms with Gasteiger partial charge in [-0.2, -0.15) is 0 Å². The SMILES string of the molecule is CCCS(=O)(=O)NC(C)C(=O)NCCC(=O)O. The van der Waals surface area contributed by atoms with E-state index in [1.165, 1.54) is 6.92 Å². The van der Waals surface area contributed by atoms with Crippen LogP contribution in [0.15, 0.2) is 0 Å². The molecule has 0 rings (SSSR count). The number of carbonyl (C=O) groups is 2. The standard InChI is InChI=1S/C9H18N2O5S/c1-3-6-17(15,16)11-7(2)9(14)10-5-4-8(12)13/h7,11H,3-6H2,1-2H3,(H,10,14)(H,12,13). The topological polar surface area (TPSA) is 113 Å². The largest absolute Gasteiger partial charge is 0.481 e. The van der Waals surface area contributed by atoms with Gasteiger partial charge in [0, 0.05) is 6.54 Å². The average molecular weight is 266 g/mol. The number of carboxylic acids is 1. The molecule has 1 amide bonds. The molecule has 0 radical (unpaired) electrons. The number of carbonyl (C=O) groups excluding carboxylic acids is 1. The molecule has 0 aromatic carbocycles. The van der Waals surface area contributed by atoms with E-state index in [0.717, 1.165) is 0 Å².